The Labute approximate surface area is 162 Å². The molecule has 4 rings (SSSR count). The third-order valence-electron chi connectivity index (χ3n) is 3.89. The third-order valence-corrected chi connectivity index (χ3v) is 4.65. The van der Waals surface area contributed by atoms with Gasteiger partial charge in [-0.1, -0.05) is 35.5 Å². The topological polar surface area (TPSA) is 72.7 Å². The molecule has 2 aromatic carbocycles. The smallest absolute Gasteiger partial charge is 0.279 e. The summed E-state index contributed by atoms with van der Waals surface area (Å²) < 4.78 is 28.8. The van der Waals surface area contributed by atoms with Crippen molar-refractivity contribution in [3.05, 3.63) is 83.0 Å². The maximum absolute atomic E-state index is 13.9. The Hall–Kier alpha value is -3.46. The normalized spacial score (nSPS) is 10.8. The molecule has 1 N–H and O–H groups in total. The van der Waals surface area contributed by atoms with Gasteiger partial charge in [-0.3, -0.25) is 10.1 Å². The first-order valence-corrected chi connectivity index (χ1v) is 9.13. The van der Waals surface area contributed by atoms with Gasteiger partial charge >= 0.3 is 0 Å². The fraction of sp³-hybridized carbons (Fsp3) is 0.0526. The number of benzene rings is 2. The van der Waals surface area contributed by atoms with E-state index in [-0.39, 0.29) is 22.1 Å². The number of aromatic nitrogens is 4. The zero-order valence-electron chi connectivity index (χ0n) is 14.3. The Bertz CT molecular complexity index is 1130. The van der Waals surface area contributed by atoms with Crippen LogP contribution in [0, 0.1) is 11.6 Å². The molecule has 2 aromatic heterocycles. The Balaban J connectivity index is 1.46. The molecule has 9 heteroatoms. The Morgan fingerprint density at radius 2 is 1.96 bits per heavy atom. The minimum absolute atomic E-state index is 0.0329. The molecule has 0 atom stereocenters. The van der Waals surface area contributed by atoms with E-state index >= 15 is 0 Å². The van der Waals surface area contributed by atoms with Gasteiger partial charge in [0.15, 0.2) is 10.8 Å². The first kappa shape index (κ1) is 17.9. The SMILES string of the molecule is O=C(Nc1nc(-c2cc(F)ccc2F)cs1)c1cn(Cc2ccccc2)nn1. The maximum Gasteiger partial charge on any atom is 0.279 e. The van der Waals surface area contributed by atoms with Crippen LogP contribution in [-0.4, -0.2) is 25.9 Å². The fourth-order valence-corrected chi connectivity index (χ4v) is 3.27. The summed E-state index contributed by atoms with van der Waals surface area (Å²) in [5.74, 6) is -1.64. The number of carbonyl (C=O) groups excluding carboxylic acids is 1. The second-order valence-electron chi connectivity index (χ2n) is 5.90. The molecule has 0 spiro atoms. The molecule has 0 bridgehead atoms. The highest BCUT2D eigenvalue weighted by molar-refractivity contribution is 7.14. The van der Waals surface area contributed by atoms with Crippen LogP contribution in [0.4, 0.5) is 13.9 Å². The summed E-state index contributed by atoms with van der Waals surface area (Å²) in [4.78, 5) is 16.5. The summed E-state index contributed by atoms with van der Waals surface area (Å²) in [6, 6.07) is 12.8. The molecule has 0 saturated heterocycles. The van der Waals surface area contributed by atoms with Gasteiger partial charge in [0.2, 0.25) is 0 Å². The molecule has 0 fully saturated rings. The number of nitrogens with zero attached hydrogens (tertiary/aromatic N) is 4. The molecule has 1 amide bonds. The van der Waals surface area contributed by atoms with Gasteiger partial charge in [0.1, 0.15) is 11.6 Å². The monoisotopic (exact) mass is 397 g/mol. The first-order chi connectivity index (χ1) is 13.6. The Kier molecular flexibility index (Phi) is 4.90. The number of amides is 1. The summed E-state index contributed by atoms with van der Waals surface area (Å²) in [5, 5.41) is 12.2. The quantitative estimate of drug-likeness (QED) is 0.553. The molecule has 0 aliphatic heterocycles. The number of halogens is 2. The molecule has 2 heterocycles. The highest BCUT2D eigenvalue weighted by Gasteiger charge is 2.15. The molecular formula is C19H13F2N5OS. The molecule has 0 unspecified atom stereocenters. The van der Waals surface area contributed by atoms with Crippen LogP contribution >= 0.6 is 11.3 Å². The largest absolute Gasteiger partial charge is 0.296 e. The van der Waals surface area contributed by atoms with Crippen molar-refractivity contribution in [1.29, 1.82) is 0 Å². The summed E-state index contributed by atoms with van der Waals surface area (Å²) in [5.41, 5.74) is 1.43. The van der Waals surface area contributed by atoms with Crippen molar-refractivity contribution in [2.75, 3.05) is 5.32 Å². The summed E-state index contributed by atoms with van der Waals surface area (Å²) in [6.45, 7) is 0.487. The van der Waals surface area contributed by atoms with E-state index in [0.29, 0.717) is 6.54 Å². The van der Waals surface area contributed by atoms with Crippen LogP contribution in [0.2, 0.25) is 0 Å². The molecule has 0 aliphatic rings. The van der Waals surface area contributed by atoms with Crippen LogP contribution < -0.4 is 5.32 Å². The van der Waals surface area contributed by atoms with E-state index in [0.717, 1.165) is 35.1 Å². The van der Waals surface area contributed by atoms with E-state index in [4.69, 9.17) is 0 Å². The molecule has 4 aromatic rings. The number of anilines is 1. The van der Waals surface area contributed by atoms with Gasteiger partial charge in [0.25, 0.3) is 5.91 Å². The Morgan fingerprint density at radius 3 is 2.79 bits per heavy atom. The predicted molar refractivity (Wildman–Crippen MR) is 101 cm³/mol. The van der Waals surface area contributed by atoms with E-state index in [2.05, 4.69) is 20.6 Å². The fourth-order valence-electron chi connectivity index (χ4n) is 2.56. The lowest BCUT2D eigenvalue weighted by atomic mass is 10.1. The van der Waals surface area contributed by atoms with Crippen molar-refractivity contribution in [3.63, 3.8) is 0 Å². The van der Waals surface area contributed by atoms with Gasteiger partial charge < -0.3 is 0 Å². The molecular weight excluding hydrogens is 384 g/mol. The van der Waals surface area contributed by atoms with Crippen molar-refractivity contribution >= 4 is 22.4 Å². The van der Waals surface area contributed by atoms with Gasteiger partial charge in [-0.15, -0.1) is 16.4 Å². The summed E-state index contributed by atoms with van der Waals surface area (Å²) in [6.07, 6.45) is 1.53. The van der Waals surface area contributed by atoms with Gasteiger partial charge in [-0.25, -0.2) is 18.4 Å². The Morgan fingerprint density at radius 1 is 1.14 bits per heavy atom. The van der Waals surface area contributed by atoms with Gasteiger partial charge in [-0.2, -0.15) is 0 Å². The minimum Gasteiger partial charge on any atom is -0.296 e. The molecule has 0 aliphatic carbocycles. The molecule has 28 heavy (non-hydrogen) atoms. The van der Waals surface area contributed by atoms with E-state index in [9.17, 15) is 13.6 Å². The zero-order valence-corrected chi connectivity index (χ0v) is 15.2. The second kappa shape index (κ2) is 7.65. The third kappa shape index (κ3) is 3.94. The lowest BCUT2D eigenvalue weighted by Gasteiger charge is -2.00. The van der Waals surface area contributed by atoms with Crippen molar-refractivity contribution < 1.29 is 13.6 Å². The average Bonchev–Trinajstić information content (AvgIpc) is 3.34. The van der Waals surface area contributed by atoms with E-state index < -0.39 is 17.5 Å². The lowest BCUT2D eigenvalue weighted by molar-refractivity contribution is 0.102. The maximum atomic E-state index is 13.9. The number of rotatable bonds is 5. The number of thiazole rings is 1. The van der Waals surface area contributed by atoms with Crippen molar-refractivity contribution in [3.8, 4) is 11.3 Å². The first-order valence-electron chi connectivity index (χ1n) is 8.25. The van der Waals surface area contributed by atoms with Crippen molar-refractivity contribution in [2.24, 2.45) is 0 Å². The summed E-state index contributed by atoms with van der Waals surface area (Å²) >= 11 is 1.10. The standard InChI is InChI=1S/C19H13F2N5OS/c20-13-6-7-15(21)14(8-13)17-11-28-19(22-17)23-18(27)16-10-26(25-24-16)9-12-4-2-1-3-5-12/h1-8,10-11H,9H2,(H,22,23,27). The van der Waals surface area contributed by atoms with E-state index in [1.165, 1.54) is 6.20 Å². The highest BCUT2D eigenvalue weighted by Crippen LogP contribution is 2.27. The van der Waals surface area contributed by atoms with Crippen LogP contribution in [0.3, 0.4) is 0 Å². The van der Waals surface area contributed by atoms with E-state index in [1.54, 1.807) is 10.1 Å². The summed E-state index contributed by atoms with van der Waals surface area (Å²) in [7, 11) is 0. The number of nitrogens with one attached hydrogen (secondary N) is 1. The molecule has 0 radical (unpaired) electrons. The number of hydrogen-bond donors (Lipinski definition) is 1. The van der Waals surface area contributed by atoms with Gasteiger partial charge in [0.05, 0.1) is 18.4 Å². The molecule has 140 valence electrons. The number of carbonyl (C=O) groups is 1. The van der Waals surface area contributed by atoms with Crippen LogP contribution in [-0.2, 0) is 6.54 Å². The predicted octanol–water partition coefficient (Wildman–Crippen LogP) is 3.98. The zero-order chi connectivity index (χ0) is 19.5. The van der Waals surface area contributed by atoms with E-state index in [1.807, 2.05) is 30.3 Å². The van der Waals surface area contributed by atoms with Gasteiger partial charge in [-0.05, 0) is 23.8 Å². The second-order valence-corrected chi connectivity index (χ2v) is 6.76. The molecule has 6 nitrogen and oxygen atoms in total. The van der Waals surface area contributed by atoms with Crippen molar-refractivity contribution in [2.45, 2.75) is 6.54 Å². The van der Waals surface area contributed by atoms with Crippen molar-refractivity contribution in [1.82, 2.24) is 20.0 Å². The van der Waals surface area contributed by atoms with Crippen LogP contribution in [0.25, 0.3) is 11.3 Å². The van der Waals surface area contributed by atoms with Crippen LogP contribution in [0.5, 0.6) is 0 Å². The highest BCUT2D eigenvalue weighted by atomic mass is 32.1. The van der Waals surface area contributed by atoms with Crippen LogP contribution in [0.1, 0.15) is 16.1 Å². The van der Waals surface area contributed by atoms with Gasteiger partial charge in [0, 0.05) is 10.9 Å². The van der Waals surface area contributed by atoms with Crippen LogP contribution in [0.15, 0.2) is 60.1 Å². The minimum atomic E-state index is -0.589. The average molecular weight is 397 g/mol. The molecule has 0 saturated carbocycles. The number of hydrogen-bond acceptors (Lipinski definition) is 5. The lowest BCUT2D eigenvalue weighted by Crippen LogP contribution is -2.12.